The van der Waals surface area contributed by atoms with E-state index in [0.29, 0.717) is 11.3 Å². The minimum Gasteiger partial charge on any atom is -0.490 e. The van der Waals surface area contributed by atoms with Crippen molar-refractivity contribution in [2.24, 2.45) is 0 Å². The number of rotatable bonds is 3. The van der Waals surface area contributed by atoms with Gasteiger partial charge in [0.2, 0.25) is 0 Å². The topological polar surface area (TPSA) is 9.23 Å². The molecule has 106 valence electrons. The Balaban J connectivity index is 0.00000200. The van der Waals surface area contributed by atoms with Crippen molar-refractivity contribution in [1.82, 2.24) is 0 Å². The van der Waals surface area contributed by atoms with E-state index in [2.05, 4.69) is 0 Å². The van der Waals surface area contributed by atoms with Gasteiger partial charge in [0.25, 0.3) is 0 Å². The first-order chi connectivity index (χ1) is 8.97. The SMILES string of the molecule is Cc1cc([B-](F)(F)F)ccc1OC1CCCCCC1.[K+]. The molecule has 1 nitrogen and oxygen atoms in total. The predicted octanol–water partition coefficient (Wildman–Crippen LogP) is 1.16. The second kappa shape index (κ2) is 8.22. The maximum Gasteiger partial charge on any atom is 1.00 e. The number of hydrogen-bond acceptors (Lipinski definition) is 1. The van der Waals surface area contributed by atoms with Gasteiger partial charge in [-0.2, -0.15) is 0 Å². The Kier molecular flexibility index (Phi) is 7.63. The van der Waals surface area contributed by atoms with Crippen molar-refractivity contribution in [2.45, 2.75) is 51.6 Å². The molecule has 1 aromatic rings. The van der Waals surface area contributed by atoms with Crippen LogP contribution in [0.2, 0.25) is 0 Å². The summed E-state index contributed by atoms with van der Waals surface area (Å²) in [5.74, 6) is 0.593. The van der Waals surface area contributed by atoms with E-state index in [4.69, 9.17) is 4.74 Å². The second-order valence-corrected chi connectivity index (χ2v) is 5.33. The third kappa shape index (κ3) is 5.37. The van der Waals surface area contributed by atoms with Crippen LogP contribution in [0.1, 0.15) is 44.1 Å². The van der Waals surface area contributed by atoms with Crippen LogP contribution in [0.15, 0.2) is 18.2 Å². The van der Waals surface area contributed by atoms with E-state index in [-0.39, 0.29) is 57.5 Å². The van der Waals surface area contributed by atoms with Gasteiger partial charge in [-0.15, -0.1) is 5.46 Å². The Hall–Kier alpha value is 0.511. The average molecular weight is 310 g/mol. The summed E-state index contributed by atoms with van der Waals surface area (Å²) < 4.78 is 43.8. The zero-order valence-electron chi connectivity index (χ0n) is 12.2. The Morgan fingerprint density at radius 2 is 1.65 bits per heavy atom. The van der Waals surface area contributed by atoms with Gasteiger partial charge in [-0.1, -0.05) is 25.0 Å². The summed E-state index contributed by atoms with van der Waals surface area (Å²) in [6.45, 7) is -3.25. The first-order valence-corrected chi connectivity index (χ1v) is 6.94. The molecule has 0 bridgehead atoms. The number of ether oxygens (including phenoxy) is 1. The fraction of sp³-hybridized carbons (Fsp3) is 0.571. The zero-order valence-corrected chi connectivity index (χ0v) is 15.3. The molecule has 1 fully saturated rings. The van der Waals surface area contributed by atoms with Crippen molar-refractivity contribution in [3.8, 4) is 5.75 Å². The molecule has 1 aliphatic rings. The van der Waals surface area contributed by atoms with Crippen molar-refractivity contribution < 1.29 is 69.1 Å². The Labute approximate surface area is 161 Å². The van der Waals surface area contributed by atoms with E-state index >= 15 is 0 Å². The standard InChI is InChI=1S/C14H19BF3O.K/c1-11-10-12(15(16,17)18)8-9-14(11)19-13-6-4-2-3-5-7-13;/h8-10,13H,2-7H2,1H3;/q-1;+1. The summed E-state index contributed by atoms with van der Waals surface area (Å²) in [4.78, 5) is 0. The van der Waals surface area contributed by atoms with E-state index in [1.54, 1.807) is 6.92 Å². The molecule has 0 saturated heterocycles. The van der Waals surface area contributed by atoms with Gasteiger partial charge in [-0.3, -0.25) is 0 Å². The maximum atomic E-state index is 12.6. The quantitative estimate of drug-likeness (QED) is 0.601. The Morgan fingerprint density at radius 3 is 2.15 bits per heavy atom. The van der Waals surface area contributed by atoms with Crippen LogP contribution in [-0.4, -0.2) is 13.1 Å². The van der Waals surface area contributed by atoms with Crippen LogP contribution in [0.4, 0.5) is 12.9 Å². The third-order valence-corrected chi connectivity index (χ3v) is 3.67. The summed E-state index contributed by atoms with van der Waals surface area (Å²) in [7, 11) is 0. The van der Waals surface area contributed by atoms with E-state index < -0.39 is 12.4 Å². The van der Waals surface area contributed by atoms with E-state index in [1.807, 2.05) is 0 Å². The monoisotopic (exact) mass is 310 g/mol. The molecule has 0 heterocycles. The van der Waals surface area contributed by atoms with Gasteiger partial charge in [-0.05, 0) is 44.2 Å². The smallest absolute Gasteiger partial charge is 0.490 e. The molecule has 0 aromatic heterocycles. The Bertz CT molecular complexity index is 429. The molecule has 0 unspecified atom stereocenters. The predicted molar refractivity (Wildman–Crippen MR) is 72.0 cm³/mol. The minimum atomic E-state index is -4.92. The van der Waals surface area contributed by atoms with Gasteiger partial charge in [0.15, 0.2) is 0 Å². The van der Waals surface area contributed by atoms with Crippen LogP contribution in [0.5, 0.6) is 5.75 Å². The number of benzene rings is 1. The summed E-state index contributed by atoms with van der Waals surface area (Å²) in [5, 5.41) is 0. The zero-order chi connectivity index (χ0) is 13.9. The van der Waals surface area contributed by atoms with Gasteiger partial charge in [0, 0.05) is 0 Å². The van der Waals surface area contributed by atoms with Crippen molar-refractivity contribution in [3.05, 3.63) is 23.8 Å². The molecule has 0 radical (unpaired) electrons. The van der Waals surface area contributed by atoms with E-state index in [1.165, 1.54) is 25.0 Å². The van der Waals surface area contributed by atoms with Crippen LogP contribution in [0.3, 0.4) is 0 Å². The largest absolute Gasteiger partial charge is 1.00 e. The summed E-state index contributed by atoms with van der Waals surface area (Å²) in [5.41, 5.74) is 0.0201. The normalized spacial score (nSPS) is 17.2. The van der Waals surface area contributed by atoms with Crippen molar-refractivity contribution in [1.29, 1.82) is 0 Å². The first kappa shape index (κ1) is 18.6. The summed E-state index contributed by atoms with van der Waals surface area (Å²) in [6.07, 6.45) is 6.92. The average Bonchev–Trinajstić information content (AvgIpc) is 2.59. The molecule has 0 spiro atoms. The van der Waals surface area contributed by atoms with Crippen LogP contribution in [0.25, 0.3) is 0 Å². The van der Waals surface area contributed by atoms with Crippen LogP contribution in [0, 0.1) is 6.92 Å². The molecule has 0 atom stereocenters. The molecular formula is C14H19BF3KO. The molecule has 0 N–H and O–H groups in total. The third-order valence-electron chi connectivity index (χ3n) is 3.67. The first-order valence-electron chi connectivity index (χ1n) is 6.94. The van der Waals surface area contributed by atoms with Gasteiger partial charge in [-0.25, -0.2) is 0 Å². The van der Waals surface area contributed by atoms with Gasteiger partial charge < -0.3 is 17.7 Å². The van der Waals surface area contributed by atoms with Crippen LogP contribution < -0.4 is 61.6 Å². The van der Waals surface area contributed by atoms with E-state index in [0.717, 1.165) is 31.7 Å². The molecule has 1 aromatic carbocycles. The van der Waals surface area contributed by atoms with Gasteiger partial charge in [0.05, 0.1) is 6.10 Å². The van der Waals surface area contributed by atoms with Crippen LogP contribution >= 0.6 is 0 Å². The fourth-order valence-electron chi connectivity index (χ4n) is 2.55. The molecule has 20 heavy (non-hydrogen) atoms. The van der Waals surface area contributed by atoms with Crippen molar-refractivity contribution >= 4 is 12.4 Å². The molecule has 1 aliphatic carbocycles. The number of aryl methyl sites for hydroxylation is 1. The molecular weight excluding hydrogens is 291 g/mol. The number of hydrogen-bond donors (Lipinski definition) is 0. The molecule has 1 saturated carbocycles. The molecule has 2 rings (SSSR count). The molecule has 6 heteroatoms. The van der Waals surface area contributed by atoms with Crippen molar-refractivity contribution in [3.63, 3.8) is 0 Å². The second-order valence-electron chi connectivity index (χ2n) is 5.33. The molecule has 0 aliphatic heterocycles. The number of halogens is 3. The Morgan fingerprint density at radius 1 is 1.05 bits per heavy atom. The molecule has 0 amide bonds. The van der Waals surface area contributed by atoms with E-state index in [9.17, 15) is 12.9 Å². The summed E-state index contributed by atoms with van der Waals surface area (Å²) >= 11 is 0. The fourth-order valence-corrected chi connectivity index (χ4v) is 2.55. The van der Waals surface area contributed by atoms with Crippen molar-refractivity contribution in [2.75, 3.05) is 0 Å². The van der Waals surface area contributed by atoms with Gasteiger partial charge in [0.1, 0.15) is 5.75 Å². The summed E-state index contributed by atoms with van der Waals surface area (Å²) in [6, 6.07) is 3.77. The maximum absolute atomic E-state index is 12.6. The minimum absolute atomic E-state index is 0. The van der Waals surface area contributed by atoms with Gasteiger partial charge >= 0.3 is 58.4 Å². The van der Waals surface area contributed by atoms with Crippen LogP contribution in [-0.2, 0) is 0 Å².